The van der Waals surface area contributed by atoms with Crippen molar-refractivity contribution in [3.8, 4) is 0 Å². The van der Waals surface area contributed by atoms with Gasteiger partial charge >= 0.3 is 0 Å². The molecule has 2 aromatic rings. The van der Waals surface area contributed by atoms with Crippen molar-refractivity contribution in [3.05, 3.63) is 40.9 Å². The molecule has 1 aliphatic heterocycles. The first-order valence-electron chi connectivity index (χ1n) is 9.73. The highest BCUT2D eigenvalue weighted by atomic mass is 32.2. The second kappa shape index (κ2) is 9.71. The highest BCUT2D eigenvalue weighted by molar-refractivity contribution is 8.01. The molecule has 0 aliphatic carbocycles. The van der Waals surface area contributed by atoms with Crippen LogP contribution in [0, 0.1) is 6.92 Å². The van der Waals surface area contributed by atoms with E-state index in [2.05, 4.69) is 17.3 Å². The smallest absolute Gasteiger partial charge is 0.227 e. The molecule has 1 aliphatic rings. The first kappa shape index (κ1) is 20.4. The molecule has 27 heavy (non-hydrogen) atoms. The van der Waals surface area contributed by atoms with Gasteiger partial charge in [-0.3, -0.25) is 4.79 Å². The van der Waals surface area contributed by atoms with Gasteiger partial charge in [0.15, 0.2) is 0 Å². The second-order valence-electron chi connectivity index (χ2n) is 7.13. The number of aromatic nitrogens is 1. The Labute approximate surface area is 170 Å². The zero-order valence-corrected chi connectivity index (χ0v) is 17.7. The third-order valence-corrected chi connectivity index (χ3v) is 7.24. The molecule has 146 valence electrons. The fraction of sp³-hybridized carbons (Fsp3) is 0.524. The van der Waals surface area contributed by atoms with Gasteiger partial charge < -0.3 is 10.0 Å². The van der Waals surface area contributed by atoms with Crippen LogP contribution in [-0.2, 0) is 4.79 Å². The van der Waals surface area contributed by atoms with Crippen LogP contribution in [0.4, 0.5) is 5.69 Å². The van der Waals surface area contributed by atoms with Gasteiger partial charge in [0, 0.05) is 35.0 Å². The number of nitrogens with zero attached hydrogens (tertiary/aromatic N) is 2. The Morgan fingerprint density at radius 2 is 2.11 bits per heavy atom. The average molecular weight is 405 g/mol. The lowest BCUT2D eigenvalue weighted by Gasteiger charge is -2.25. The number of thioether (sulfide) groups is 1. The van der Waals surface area contributed by atoms with Crippen molar-refractivity contribution >= 4 is 34.7 Å². The molecule has 1 fully saturated rings. The number of benzene rings is 1. The van der Waals surface area contributed by atoms with Crippen LogP contribution in [0.15, 0.2) is 34.0 Å². The number of rotatable bonds is 9. The van der Waals surface area contributed by atoms with Crippen LogP contribution in [-0.4, -0.2) is 27.8 Å². The molecule has 2 heterocycles. The highest BCUT2D eigenvalue weighted by Gasteiger charge is 2.32. The lowest BCUT2D eigenvalue weighted by molar-refractivity contribution is -0.117. The summed E-state index contributed by atoms with van der Waals surface area (Å²) in [5.74, 6) is 1.05. The van der Waals surface area contributed by atoms with Gasteiger partial charge in [0.2, 0.25) is 5.91 Å². The first-order valence-corrected chi connectivity index (χ1v) is 11.6. The van der Waals surface area contributed by atoms with Crippen LogP contribution in [0.3, 0.4) is 0 Å². The lowest BCUT2D eigenvalue weighted by atomic mass is 10.0. The Morgan fingerprint density at radius 3 is 2.78 bits per heavy atom. The number of anilines is 1. The fourth-order valence-corrected chi connectivity index (χ4v) is 5.43. The normalized spacial score (nSPS) is 18.3. The third kappa shape index (κ3) is 5.33. The van der Waals surface area contributed by atoms with Gasteiger partial charge in [-0.2, -0.15) is 0 Å². The molecule has 1 aromatic heterocycles. The maximum Gasteiger partial charge on any atom is 0.227 e. The van der Waals surface area contributed by atoms with Gasteiger partial charge in [0.25, 0.3) is 0 Å². The Balaban J connectivity index is 1.62. The van der Waals surface area contributed by atoms with Crippen molar-refractivity contribution in [3.63, 3.8) is 0 Å². The summed E-state index contributed by atoms with van der Waals surface area (Å²) in [5.41, 5.74) is 2.92. The molecule has 1 saturated heterocycles. The number of thiazole rings is 1. The van der Waals surface area contributed by atoms with Gasteiger partial charge in [-0.1, -0.05) is 50.1 Å². The molecule has 1 amide bonds. The maximum absolute atomic E-state index is 12.4. The lowest BCUT2D eigenvalue weighted by Crippen LogP contribution is -2.34. The summed E-state index contributed by atoms with van der Waals surface area (Å²) in [7, 11) is 0. The molecular formula is C21H28N2O2S2. The van der Waals surface area contributed by atoms with Crippen molar-refractivity contribution < 1.29 is 9.90 Å². The van der Waals surface area contributed by atoms with Gasteiger partial charge in [-0.05, 0) is 37.5 Å². The molecule has 0 bridgehead atoms. The molecule has 6 heteroatoms. The Hall–Kier alpha value is -1.37. The van der Waals surface area contributed by atoms with E-state index >= 15 is 0 Å². The van der Waals surface area contributed by atoms with Gasteiger partial charge in [-0.25, -0.2) is 4.98 Å². The summed E-state index contributed by atoms with van der Waals surface area (Å²) in [6, 6.07) is 8.09. The van der Waals surface area contributed by atoms with E-state index in [1.807, 2.05) is 36.1 Å². The molecule has 3 rings (SSSR count). The molecule has 2 atom stereocenters. The molecule has 0 spiro atoms. The summed E-state index contributed by atoms with van der Waals surface area (Å²) in [6.45, 7) is 4.17. The van der Waals surface area contributed by atoms with Crippen LogP contribution >= 0.6 is 23.1 Å². The number of unbranched alkanes of at least 4 members (excludes halogenated alkanes) is 2. The summed E-state index contributed by atoms with van der Waals surface area (Å²) in [6.07, 6.45) is 5.21. The number of hydrogen-bond donors (Lipinski definition) is 1. The van der Waals surface area contributed by atoms with E-state index in [9.17, 15) is 9.90 Å². The number of amides is 1. The van der Waals surface area contributed by atoms with Gasteiger partial charge in [-0.15, -0.1) is 11.3 Å². The zero-order chi connectivity index (χ0) is 19.2. The molecule has 4 nitrogen and oxygen atoms in total. The minimum atomic E-state index is -0.417. The minimum absolute atomic E-state index is 0.187. The first-order chi connectivity index (χ1) is 13.1. The van der Waals surface area contributed by atoms with Crippen molar-refractivity contribution in [1.82, 2.24) is 4.98 Å². The summed E-state index contributed by atoms with van der Waals surface area (Å²) in [5, 5.41) is 12.4. The average Bonchev–Trinajstić information content (AvgIpc) is 3.25. The Kier molecular flexibility index (Phi) is 7.33. The number of carbonyl (C=O) groups excluding carboxylic acids is 1. The molecule has 0 saturated carbocycles. The second-order valence-corrected chi connectivity index (χ2v) is 9.25. The number of carbonyl (C=O) groups is 1. The van der Waals surface area contributed by atoms with E-state index in [0.717, 1.165) is 59.1 Å². The van der Waals surface area contributed by atoms with E-state index in [1.165, 1.54) is 0 Å². The van der Waals surface area contributed by atoms with Crippen LogP contribution in [0.1, 0.15) is 62.8 Å². The van der Waals surface area contributed by atoms with Crippen LogP contribution in [0.5, 0.6) is 0 Å². The number of aliphatic hydroxyl groups excluding tert-OH is 1. The largest absolute Gasteiger partial charge is 0.388 e. The van der Waals surface area contributed by atoms with E-state index in [0.29, 0.717) is 6.42 Å². The predicted octanol–water partition coefficient (Wildman–Crippen LogP) is 5.35. The number of aliphatic hydroxyl groups is 1. The highest BCUT2D eigenvalue weighted by Crippen LogP contribution is 2.32. The van der Waals surface area contributed by atoms with Crippen LogP contribution < -0.4 is 4.90 Å². The molecular weight excluding hydrogens is 376 g/mol. The summed E-state index contributed by atoms with van der Waals surface area (Å²) >= 11 is 3.40. The number of aryl methyl sites for hydroxylation is 1. The summed E-state index contributed by atoms with van der Waals surface area (Å²) in [4.78, 5) is 18.9. The number of hydrogen-bond acceptors (Lipinski definition) is 5. The van der Waals surface area contributed by atoms with E-state index in [-0.39, 0.29) is 11.9 Å². The maximum atomic E-state index is 12.4. The molecule has 1 unspecified atom stereocenters. The molecule has 1 N–H and O–H groups in total. The van der Waals surface area contributed by atoms with Crippen molar-refractivity contribution in [2.24, 2.45) is 0 Å². The van der Waals surface area contributed by atoms with E-state index < -0.39 is 6.10 Å². The van der Waals surface area contributed by atoms with Crippen molar-refractivity contribution in [2.75, 3.05) is 10.7 Å². The summed E-state index contributed by atoms with van der Waals surface area (Å²) < 4.78 is 1.07. The zero-order valence-electron chi connectivity index (χ0n) is 16.1. The minimum Gasteiger partial charge on any atom is -0.388 e. The fourth-order valence-electron chi connectivity index (χ4n) is 3.43. The predicted molar refractivity (Wildman–Crippen MR) is 114 cm³/mol. The quantitative estimate of drug-likeness (QED) is 0.452. The monoisotopic (exact) mass is 404 g/mol. The standard InChI is InChI=1S/C21H28N2O2S2/c1-3-4-5-6-19(24)16-7-9-17(10-8-16)23-18(11-12-20(23)25)14-27-21-22-15(2)13-26-21/h7-10,13,18-19,24H,3-6,11-12,14H2,1-2H3/t18-,19?/m1/s1. The van der Waals surface area contributed by atoms with Gasteiger partial charge in [0.05, 0.1) is 6.10 Å². The Morgan fingerprint density at radius 1 is 1.33 bits per heavy atom. The Bertz CT molecular complexity index is 745. The van der Waals surface area contributed by atoms with E-state index in [4.69, 9.17) is 0 Å². The molecule has 1 aromatic carbocycles. The van der Waals surface area contributed by atoms with Crippen molar-refractivity contribution in [2.45, 2.75) is 68.9 Å². The van der Waals surface area contributed by atoms with Gasteiger partial charge in [0.1, 0.15) is 4.34 Å². The van der Waals surface area contributed by atoms with Crippen LogP contribution in [0.25, 0.3) is 0 Å². The molecule has 0 radical (unpaired) electrons. The topological polar surface area (TPSA) is 53.4 Å². The van der Waals surface area contributed by atoms with Crippen molar-refractivity contribution in [1.29, 1.82) is 0 Å². The van der Waals surface area contributed by atoms with E-state index in [1.54, 1.807) is 23.1 Å². The van der Waals surface area contributed by atoms with Crippen LogP contribution in [0.2, 0.25) is 0 Å². The SMILES string of the molecule is CCCCCC(O)c1ccc(N2C(=O)CC[C@@H]2CSc2nc(C)cs2)cc1. The third-order valence-electron chi connectivity index (χ3n) is 4.96.